The summed E-state index contributed by atoms with van der Waals surface area (Å²) in [6.07, 6.45) is 2.43. The first kappa shape index (κ1) is 21.1. The highest BCUT2D eigenvalue weighted by Crippen LogP contribution is 2.63. The molecule has 0 bridgehead atoms. The van der Waals surface area contributed by atoms with Crippen LogP contribution in [-0.2, 0) is 10.2 Å². The standard InChI is InChI=1S/C26H25N7O3/c1-35-15-7-8-18-17(9-15)26(25(34)30-18)10-21(26)33-20-6-4-3-5-16(20)22(32-33)31-23-24(36-2)28-13-19(29-23)14-11-27-12-14/h3-9,13-14,21,27H,10-12H2,1-2H3,(H,30,34)(H,29,31,32)/t21-,26+/m0/s1. The van der Waals surface area contributed by atoms with Crippen LogP contribution in [0.2, 0.25) is 0 Å². The third kappa shape index (κ3) is 2.94. The minimum Gasteiger partial charge on any atom is -0.497 e. The number of para-hydroxylation sites is 1. The zero-order chi connectivity index (χ0) is 24.4. The smallest absolute Gasteiger partial charge is 0.257 e. The zero-order valence-electron chi connectivity index (χ0n) is 19.9. The molecule has 2 aromatic heterocycles. The highest BCUT2D eigenvalue weighted by atomic mass is 16.5. The first-order valence-electron chi connectivity index (χ1n) is 12.0. The predicted molar refractivity (Wildman–Crippen MR) is 134 cm³/mol. The van der Waals surface area contributed by atoms with Gasteiger partial charge in [-0.3, -0.25) is 9.48 Å². The van der Waals surface area contributed by atoms with Crippen LogP contribution < -0.4 is 25.4 Å². The van der Waals surface area contributed by atoms with Crippen molar-refractivity contribution < 1.29 is 14.3 Å². The molecule has 2 atom stereocenters. The van der Waals surface area contributed by atoms with Crippen molar-refractivity contribution in [1.82, 2.24) is 25.1 Å². The van der Waals surface area contributed by atoms with Crippen LogP contribution in [0.1, 0.15) is 29.6 Å². The van der Waals surface area contributed by atoms with Crippen molar-refractivity contribution in [2.75, 3.05) is 37.9 Å². The van der Waals surface area contributed by atoms with Gasteiger partial charge in [-0.15, -0.1) is 0 Å². The molecule has 0 unspecified atom stereocenters. The van der Waals surface area contributed by atoms with E-state index in [1.807, 2.05) is 47.1 Å². The minimum absolute atomic E-state index is 0.000751. The summed E-state index contributed by atoms with van der Waals surface area (Å²) in [4.78, 5) is 22.5. The summed E-state index contributed by atoms with van der Waals surface area (Å²) in [7, 11) is 3.21. The molecule has 4 heterocycles. The van der Waals surface area contributed by atoms with E-state index in [2.05, 4.69) is 20.9 Å². The fourth-order valence-electron chi connectivity index (χ4n) is 5.41. The Hall–Kier alpha value is -4.18. The van der Waals surface area contributed by atoms with Crippen LogP contribution in [0.25, 0.3) is 10.9 Å². The maximum atomic E-state index is 13.2. The average Bonchev–Trinajstić information content (AvgIpc) is 3.43. The van der Waals surface area contributed by atoms with E-state index in [1.54, 1.807) is 20.4 Å². The number of carbonyl (C=O) groups excluding carboxylic acids is 1. The topological polar surface area (TPSA) is 115 Å². The number of rotatable bonds is 6. The van der Waals surface area contributed by atoms with E-state index in [9.17, 15) is 4.79 Å². The first-order valence-corrected chi connectivity index (χ1v) is 12.0. The number of methoxy groups -OCH3 is 2. The van der Waals surface area contributed by atoms with Gasteiger partial charge < -0.3 is 25.4 Å². The molecule has 1 amide bonds. The van der Waals surface area contributed by atoms with Crippen molar-refractivity contribution in [2.45, 2.75) is 23.8 Å². The SMILES string of the molecule is COc1ccc2c(c1)[C@@]1(C[C@@H]1n1nc(Nc3nc(C4CNC4)cnc3OC)c3ccccc31)C(=O)N2. The molecule has 1 saturated heterocycles. The van der Waals surface area contributed by atoms with Crippen LogP contribution in [0.3, 0.4) is 0 Å². The normalized spacial score (nSPS) is 22.3. The molecule has 10 heteroatoms. The molecule has 2 fully saturated rings. The summed E-state index contributed by atoms with van der Waals surface area (Å²) in [6, 6.07) is 13.6. The van der Waals surface area contributed by atoms with E-state index in [0.29, 0.717) is 29.9 Å². The quantitative estimate of drug-likeness (QED) is 0.383. The first-order chi connectivity index (χ1) is 17.6. The second-order valence-electron chi connectivity index (χ2n) is 9.50. The number of ether oxygens (including phenoxy) is 2. The molecule has 2 aromatic carbocycles. The van der Waals surface area contributed by atoms with Crippen LogP contribution in [-0.4, -0.2) is 53.0 Å². The van der Waals surface area contributed by atoms with Gasteiger partial charge in [-0.05, 0) is 42.3 Å². The van der Waals surface area contributed by atoms with Crippen LogP contribution in [0.15, 0.2) is 48.7 Å². The number of fused-ring (bicyclic) bond motifs is 3. The zero-order valence-corrected chi connectivity index (χ0v) is 19.9. The fourth-order valence-corrected chi connectivity index (χ4v) is 5.41. The Labute approximate surface area is 207 Å². The summed E-state index contributed by atoms with van der Waals surface area (Å²) in [5.74, 6) is 2.64. The lowest BCUT2D eigenvalue weighted by molar-refractivity contribution is -0.118. The molecule has 1 aliphatic carbocycles. The van der Waals surface area contributed by atoms with Crippen molar-refractivity contribution in [2.24, 2.45) is 0 Å². The van der Waals surface area contributed by atoms with Crippen LogP contribution >= 0.6 is 0 Å². The number of amides is 1. The van der Waals surface area contributed by atoms with E-state index >= 15 is 0 Å². The van der Waals surface area contributed by atoms with Gasteiger partial charge in [0.25, 0.3) is 5.88 Å². The summed E-state index contributed by atoms with van der Waals surface area (Å²) in [6.45, 7) is 1.77. The van der Waals surface area contributed by atoms with Crippen LogP contribution in [0.4, 0.5) is 17.3 Å². The Kier molecular flexibility index (Phi) is 4.50. The molecule has 4 aromatic rings. The lowest BCUT2D eigenvalue weighted by Crippen LogP contribution is -2.40. The second kappa shape index (κ2) is 7.66. The highest BCUT2D eigenvalue weighted by molar-refractivity contribution is 6.09. The molecule has 1 saturated carbocycles. The molecule has 10 nitrogen and oxygen atoms in total. The number of carbonyl (C=O) groups is 1. The largest absolute Gasteiger partial charge is 0.497 e. The van der Waals surface area contributed by atoms with Crippen LogP contribution in [0, 0.1) is 0 Å². The van der Waals surface area contributed by atoms with Gasteiger partial charge in [0, 0.05) is 30.1 Å². The Morgan fingerprint density at radius 1 is 1.11 bits per heavy atom. The van der Waals surface area contributed by atoms with Crippen molar-refractivity contribution in [3.05, 3.63) is 59.9 Å². The van der Waals surface area contributed by atoms with Gasteiger partial charge in [-0.25, -0.2) is 9.97 Å². The van der Waals surface area contributed by atoms with Gasteiger partial charge in [0.1, 0.15) is 11.2 Å². The van der Waals surface area contributed by atoms with E-state index < -0.39 is 5.41 Å². The number of nitrogens with one attached hydrogen (secondary N) is 3. The van der Waals surface area contributed by atoms with Gasteiger partial charge >= 0.3 is 0 Å². The Balaban J connectivity index is 1.29. The van der Waals surface area contributed by atoms with E-state index in [-0.39, 0.29) is 11.9 Å². The van der Waals surface area contributed by atoms with E-state index in [0.717, 1.165) is 46.7 Å². The number of anilines is 3. The van der Waals surface area contributed by atoms with Crippen molar-refractivity contribution in [3.8, 4) is 11.6 Å². The lowest BCUT2D eigenvalue weighted by atomic mass is 9.96. The molecule has 3 N–H and O–H groups in total. The summed E-state index contributed by atoms with van der Waals surface area (Å²) in [5.41, 5.74) is 2.98. The third-order valence-corrected chi connectivity index (χ3v) is 7.58. The molecule has 182 valence electrons. The maximum absolute atomic E-state index is 13.2. The molecule has 2 aliphatic heterocycles. The van der Waals surface area contributed by atoms with Crippen molar-refractivity contribution in [3.63, 3.8) is 0 Å². The van der Waals surface area contributed by atoms with Gasteiger partial charge in [0.05, 0.1) is 37.7 Å². The van der Waals surface area contributed by atoms with E-state index in [4.69, 9.17) is 19.6 Å². The highest BCUT2D eigenvalue weighted by Gasteiger charge is 2.66. The number of benzene rings is 2. The Morgan fingerprint density at radius 2 is 1.97 bits per heavy atom. The minimum atomic E-state index is -0.662. The van der Waals surface area contributed by atoms with Crippen molar-refractivity contribution in [1.29, 1.82) is 0 Å². The summed E-state index contributed by atoms with van der Waals surface area (Å²) in [5, 5.41) is 15.6. The Morgan fingerprint density at radius 3 is 2.75 bits per heavy atom. The number of hydrogen-bond acceptors (Lipinski definition) is 8. The second-order valence-corrected chi connectivity index (χ2v) is 9.50. The summed E-state index contributed by atoms with van der Waals surface area (Å²) < 4.78 is 12.9. The lowest BCUT2D eigenvalue weighted by Gasteiger charge is -2.26. The van der Waals surface area contributed by atoms with Crippen molar-refractivity contribution >= 4 is 34.1 Å². The molecule has 1 spiro atoms. The molecule has 0 radical (unpaired) electrons. The number of aromatic nitrogens is 4. The van der Waals surface area contributed by atoms with Gasteiger partial charge in [-0.2, -0.15) is 5.10 Å². The van der Waals surface area contributed by atoms with Gasteiger partial charge in [0.2, 0.25) is 5.91 Å². The predicted octanol–water partition coefficient (Wildman–Crippen LogP) is 3.11. The van der Waals surface area contributed by atoms with Gasteiger partial charge in [0.15, 0.2) is 11.6 Å². The molecule has 3 aliphatic rings. The Bertz CT molecular complexity index is 1530. The monoisotopic (exact) mass is 483 g/mol. The fraction of sp³-hybridized carbons (Fsp3) is 0.308. The molecular formula is C26H25N7O3. The molecule has 36 heavy (non-hydrogen) atoms. The number of hydrogen-bond donors (Lipinski definition) is 3. The average molecular weight is 484 g/mol. The molecule has 7 rings (SSSR count). The third-order valence-electron chi connectivity index (χ3n) is 7.58. The van der Waals surface area contributed by atoms with Gasteiger partial charge in [-0.1, -0.05) is 12.1 Å². The van der Waals surface area contributed by atoms with E-state index in [1.165, 1.54) is 0 Å². The maximum Gasteiger partial charge on any atom is 0.257 e. The van der Waals surface area contributed by atoms with Crippen LogP contribution in [0.5, 0.6) is 11.6 Å². The number of nitrogens with zero attached hydrogens (tertiary/aromatic N) is 4. The summed E-state index contributed by atoms with van der Waals surface area (Å²) >= 11 is 0. The molecular weight excluding hydrogens is 458 g/mol.